The summed E-state index contributed by atoms with van der Waals surface area (Å²) in [6.07, 6.45) is 1.12. The SMILES string of the molecule is COc1ccc(Br)c(C(=O)Nc2ncc(S(=O)(=O)c3ccc([N+](=O)[O-])cc3)s2)c1. The molecule has 0 spiro atoms. The van der Waals surface area contributed by atoms with Crippen molar-refractivity contribution in [1.29, 1.82) is 0 Å². The number of ether oxygens (including phenoxy) is 1. The maximum absolute atomic E-state index is 12.7. The van der Waals surface area contributed by atoms with E-state index >= 15 is 0 Å². The number of hydrogen-bond donors (Lipinski definition) is 1. The van der Waals surface area contributed by atoms with Crippen molar-refractivity contribution in [3.63, 3.8) is 0 Å². The van der Waals surface area contributed by atoms with Crippen LogP contribution >= 0.6 is 27.3 Å². The van der Waals surface area contributed by atoms with Gasteiger partial charge in [0.25, 0.3) is 11.6 Å². The van der Waals surface area contributed by atoms with E-state index in [-0.39, 0.29) is 19.9 Å². The summed E-state index contributed by atoms with van der Waals surface area (Å²) in [6.45, 7) is 0. The first-order valence-corrected chi connectivity index (χ1v) is 10.9. The molecule has 2 aromatic carbocycles. The van der Waals surface area contributed by atoms with Crippen molar-refractivity contribution >= 4 is 53.8 Å². The molecule has 0 aliphatic heterocycles. The molecule has 0 atom stereocenters. The molecular weight excluding hydrogens is 486 g/mol. The number of sulfone groups is 1. The molecule has 29 heavy (non-hydrogen) atoms. The van der Waals surface area contributed by atoms with Crippen molar-refractivity contribution in [2.75, 3.05) is 12.4 Å². The molecule has 0 bridgehead atoms. The summed E-state index contributed by atoms with van der Waals surface area (Å²) < 4.78 is 30.9. The molecule has 0 fully saturated rings. The zero-order chi connectivity index (χ0) is 21.2. The van der Waals surface area contributed by atoms with Gasteiger partial charge >= 0.3 is 0 Å². The zero-order valence-corrected chi connectivity index (χ0v) is 17.9. The fourth-order valence-corrected chi connectivity index (χ4v) is 5.13. The predicted octanol–water partition coefficient (Wildman–Crippen LogP) is 3.91. The number of halogens is 1. The van der Waals surface area contributed by atoms with Crippen molar-refractivity contribution in [2.45, 2.75) is 9.10 Å². The van der Waals surface area contributed by atoms with Gasteiger partial charge in [0.05, 0.1) is 28.7 Å². The Labute approximate surface area is 177 Å². The molecular formula is C17H12BrN3O6S2. The van der Waals surface area contributed by atoms with E-state index in [0.717, 1.165) is 41.8 Å². The number of anilines is 1. The van der Waals surface area contributed by atoms with E-state index in [1.54, 1.807) is 12.1 Å². The fourth-order valence-electron chi connectivity index (χ4n) is 2.27. The number of hydrogen-bond acceptors (Lipinski definition) is 8. The van der Waals surface area contributed by atoms with Crippen LogP contribution in [-0.2, 0) is 9.84 Å². The van der Waals surface area contributed by atoms with Gasteiger partial charge in [-0.2, -0.15) is 0 Å². The summed E-state index contributed by atoms with van der Waals surface area (Å²) in [7, 11) is -2.45. The lowest BCUT2D eigenvalue weighted by atomic mass is 10.2. The fraction of sp³-hybridized carbons (Fsp3) is 0.0588. The smallest absolute Gasteiger partial charge is 0.269 e. The lowest BCUT2D eigenvalue weighted by Crippen LogP contribution is -2.12. The number of nitrogens with zero attached hydrogens (tertiary/aromatic N) is 2. The van der Waals surface area contributed by atoms with Crippen molar-refractivity contribution < 1.29 is 22.9 Å². The van der Waals surface area contributed by atoms with Gasteiger partial charge in [-0.05, 0) is 46.3 Å². The summed E-state index contributed by atoms with van der Waals surface area (Å²) in [5, 5.41) is 13.4. The van der Waals surface area contributed by atoms with Crippen molar-refractivity contribution in [3.05, 3.63) is 68.8 Å². The second-order valence-electron chi connectivity index (χ2n) is 5.54. The van der Waals surface area contributed by atoms with E-state index in [0.29, 0.717) is 15.8 Å². The molecule has 150 valence electrons. The Morgan fingerprint density at radius 2 is 1.93 bits per heavy atom. The third-order valence-electron chi connectivity index (χ3n) is 3.75. The van der Waals surface area contributed by atoms with Gasteiger partial charge in [0.1, 0.15) is 9.96 Å². The Balaban J connectivity index is 1.83. The molecule has 0 radical (unpaired) electrons. The Hall–Kier alpha value is -2.83. The Morgan fingerprint density at radius 1 is 1.24 bits per heavy atom. The maximum Gasteiger partial charge on any atom is 0.269 e. The van der Waals surface area contributed by atoms with E-state index in [4.69, 9.17) is 4.74 Å². The van der Waals surface area contributed by atoms with Crippen LogP contribution in [0, 0.1) is 10.1 Å². The van der Waals surface area contributed by atoms with E-state index in [9.17, 15) is 23.3 Å². The molecule has 9 nitrogen and oxygen atoms in total. The number of carbonyl (C=O) groups excluding carboxylic acids is 1. The molecule has 0 saturated heterocycles. The van der Waals surface area contributed by atoms with Gasteiger partial charge in [0.2, 0.25) is 9.84 Å². The van der Waals surface area contributed by atoms with E-state index in [1.807, 2.05) is 0 Å². The lowest BCUT2D eigenvalue weighted by molar-refractivity contribution is -0.384. The highest BCUT2D eigenvalue weighted by molar-refractivity contribution is 9.10. The molecule has 1 aromatic heterocycles. The topological polar surface area (TPSA) is 128 Å². The van der Waals surface area contributed by atoms with Gasteiger partial charge in [-0.3, -0.25) is 20.2 Å². The average Bonchev–Trinajstić information content (AvgIpc) is 3.17. The monoisotopic (exact) mass is 497 g/mol. The standard InChI is InChI=1S/C17H12BrN3O6S2/c1-27-11-4-7-14(18)13(8-11)16(22)20-17-19-9-15(28-17)29(25,26)12-5-2-10(3-6-12)21(23)24/h2-9H,1H3,(H,19,20,22). The number of amides is 1. The normalized spacial score (nSPS) is 11.1. The van der Waals surface area contributed by atoms with Crippen LogP contribution in [0.2, 0.25) is 0 Å². The summed E-state index contributed by atoms with van der Waals surface area (Å²) in [6, 6.07) is 9.38. The molecule has 3 aromatic rings. The molecule has 1 heterocycles. The second kappa shape index (κ2) is 8.27. The molecule has 3 rings (SSSR count). The van der Waals surface area contributed by atoms with Crippen LogP contribution in [0.15, 0.2) is 62.2 Å². The number of thiazole rings is 1. The number of aromatic nitrogens is 1. The van der Waals surface area contributed by atoms with Crippen LogP contribution in [0.25, 0.3) is 0 Å². The number of methoxy groups -OCH3 is 1. The van der Waals surface area contributed by atoms with Gasteiger partial charge < -0.3 is 4.74 Å². The van der Waals surface area contributed by atoms with Gasteiger partial charge in [-0.1, -0.05) is 11.3 Å². The average molecular weight is 498 g/mol. The number of carbonyl (C=O) groups is 1. The number of benzene rings is 2. The molecule has 0 aliphatic rings. The van der Waals surface area contributed by atoms with E-state index < -0.39 is 20.7 Å². The zero-order valence-electron chi connectivity index (χ0n) is 14.7. The first-order valence-electron chi connectivity index (χ1n) is 7.82. The van der Waals surface area contributed by atoms with Crippen molar-refractivity contribution in [2.24, 2.45) is 0 Å². The minimum atomic E-state index is -3.93. The summed E-state index contributed by atoms with van der Waals surface area (Å²) in [4.78, 5) is 26.4. The minimum absolute atomic E-state index is 0.0882. The quantitative estimate of drug-likeness (QED) is 0.403. The summed E-state index contributed by atoms with van der Waals surface area (Å²) in [5.74, 6) is -0.0108. The second-order valence-corrected chi connectivity index (χ2v) is 9.60. The van der Waals surface area contributed by atoms with E-state index in [2.05, 4.69) is 26.2 Å². The number of rotatable bonds is 6. The van der Waals surface area contributed by atoms with Crippen LogP contribution in [0.3, 0.4) is 0 Å². The molecule has 0 saturated carbocycles. The van der Waals surface area contributed by atoms with Crippen LogP contribution < -0.4 is 10.1 Å². The Morgan fingerprint density at radius 3 is 2.55 bits per heavy atom. The number of nitro groups is 1. The molecule has 1 N–H and O–H groups in total. The predicted molar refractivity (Wildman–Crippen MR) is 109 cm³/mol. The molecule has 0 aliphatic carbocycles. The van der Waals surface area contributed by atoms with Crippen LogP contribution in [0.1, 0.15) is 10.4 Å². The first kappa shape index (κ1) is 20.9. The molecule has 0 unspecified atom stereocenters. The number of nitrogens with one attached hydrogen (secondary N) is 1. The minimum Gasteiger partial charge on any atom is -0.497 e. The first-order chi connectivity index (χ1) is 13.7. The third-order valence-corrected chi connectivity index (χ3v) is 7.58. The number of nitro benzene ring substituents is 1. The highest BCUT2D eigenvalue weighted by Crippen LogP contribution is 2.30. The largest absolute Gasteiger partial charge is 0.497 e. The Kier molecular flexibility index (Phi) is 5.96. The summed E-state index contributed by atoms with van der Waals surface area (Å²) in [5.41, 5.74) is 0.0735. The summed E-state index contributed by atoms with van der Waals surface area (Å²) >= 11 is 4.05. The number of non-ortho nitro benzene ring substituents is 1. The maximum atomic E-state index is 12.7. The van der Waals surface area contributed by atoms with Crippen LogP contribution in [0.5, 0.6) is 5.75 Å². The van der Waals surface area contributed by atoms with E-state index in [1.165, 1.54) is 13.2 Å². The van der Waals surface area contributed by atoms with Crippen molar-refractivity contribution in [1.82, 2.24) is 4.98 Å². The third kappa shape index (κ3) is 4.44. The van der Waals surface area contributed by atoms with Gasteiger partial charge in [-0.15, -0.1) is 0 Å². The van der Waals surface area contributed by atoms with Crippen LogP contribution in [0.4, 0.5) is 10.8 Å². The lowest BCUT2D eigenvalue weighted by Gasteiger charge is -2.06. The van der Waals surface area contributed by atoms with Gasteiger partial charge in [0, 0.05) is 16.6 Å². The molecule has 12 heteroatoms. The van der Waals surface area contributed by atoms with Crippen molar-refractivity contribution in [3.8, 4) is 5.75 Å². The Bertz CT molecular complexity index is 1190. The highest BCUT2D eigenvalue weighted by atomic mass is 79.9. The van der Waals surface area contributed by atoms with Gasteiger partial charge in [-0.25, -0.2) is 13.4 Å². The van der Waals surface area contributed by atoms with Crippen LogP contribution in [-0.4, -0.2) is 31.3 Å². The molecule has 1 amide bonds. The highest BCUT2D eigenvalue weighted by Gasteiger charge is 2.23. The van der Waals surface area contributed by atoms with Gasteiger partial charge in [0.15, 0.2) is 5.13 Å².